The second kappa shape index (κ2) is 11.3. The lowest BCUT2D eigenvalue weighted by atomic mass is 10.0. The Labute approximate surface area is 200 Å². The number of carbonyl (C=O) groups is 1. The number of hydrogen-bond acceptors (Lipinski definition) is 6. The van der Waals surface area contributed by atoms with E-state index in [0.29, 0.717) is 17.0 Å². The van der Waals surface area contributed by atoms with Crippen molar-refractivity contribution in [1.29, 1.82) is 0 Å². The normalized spacial score (nSPS) is 13.2. The molecule has 0 fully saturated rings. The number of aliphatic hydroxyl groups excluding tert-OH is 1. The second-order valence-electron chi connectivity index (χ2n) is 7.79. The maximum Gasteiger partial charge on any atom is 0.244 e. The zero-order valence-corrected chi connectivity index (χ0v) is 20.1. The number of amides is 1. The molecule has 0 aliphatic heterocycles. The predicted octanol–water partition coefficient (Wildman–Crippen LogP) is 2.42. The third-order valence-corrected chi connectivity index (χ3v) is 6.95. The molecule has 180 valence electrons. The molecule has 0 bridgehead atoms. The highest BCUT2D eigenvalue weighted by atomic mass is 32.2. The molecule has 0 heterocycles. The van der Waals surface area contributed by atoms with Gasteiger partial charge in [0.25, 0.3) is 0 Å². The van der Waals surface area contributed by atoms with Crippen LogP contribution < -0.4 is 19.7 Å². The van der Waals surface area contributed by atoms with Crippen LogP contribution in [0.15, 0.2) is 83.8 Å². The van der Waals surface area contributed by atoms with E-state index in [1.807, 2.05) is 30.3 Å². The van der Waals surface area contributed by atoms with E-state index in [2.05, 4.69) is 10.0 Å². The number of likely N-dealkylation sites (N-methyl/N-ethyl adjacent to an activating group) is 1. The van der Waals surface area contributed by atoms with Gasteiger partial charge in [-0.3, -0.25) is 10.1 Å². The van der Waals surface area contributed by atoms with Crippen molar-refractivity contribution in [2.45, 2.75) is 30.6 Å². The molecule has 3 aromatic rings. The van der Waals surface area contributed by atoms with Gasteiger partial charge in [-0.2, -0.15) is 4.72 Å². The van der Waals surface area contributed by atoms with Gasteiger partial charge >= 0.3 is 0 Å². The van der Waals surface area contributed by atoms with Gasteiger partial charge in [0, 0.05) is 12.7 Å². The van der Waals surface area contributed by atoms with E-state index < -0.39 is 22.4 Å². The van der Waals surface area contributed by atoms with Crippen LogP contribution >= 0.6 is 0 Å². The number of sulfonamides is 1. The monoisotopic (exact) mass is 483 g/mol. The minimum Gasteiger partial charge on any atom is -0.497 e. The van der Waals surface area contributed by atoms with Gasteiger partial charge in [-0.05, 0) is 54.8 Å². The van der Waals surface area contributed by atoms with Crippen LogP contribution in [0.1, 0.15) is 11.1 Å². The second-order valence-corrected chi connectivity index (χ2v) is 9.48. The summed E-state index contributed by atoms with van der Waals surface area (Å²) in [4.78, 5) is 14.9. The van der Waals surface area contributed by atoms with Crippen molar-refractivity contribution in [3.05, 3.63) is 90.0 Å². The van der Waals surface area contributed by atoms with E-state index in [1.165, 1.54) is 11.0 Å². The predicted molar refractivity (Wildman–Crippen MR) is 131 cm³/mol. The number of aliphatic hydroxyl groups is 1. The van der Waals surface area contributed by atoms with Crippen LogP contribution in [0.5, 0.6) is 5.75 Å². The summed E-state index contributed by atoms with van der Waals surface area (Å²) in [5.41, 5.74) is 2.02. The van der Waals surface area contributed by atoms with Gasteiger partial charge in [-0.15, -0.1) is 0 Å². The molecule has 0 aliphatic carbocycles. The number of aryl methyl sites for hydroxylation is 1. The first-order valence-corrected chi connectivity index (χ1v) is 12.2. The van der Waals surface area contributed by atoms with Gasteiger partial charge < -0.3 is 14.7 Å². The topological polar surface area (TPSA) is 108 Å². The molecule has 34 heavy (non-hydrogen) atoms. The molecule has 3 aromatic carbocycles. The molecular weight excluding hydrogens is 454 g/mol. The first-order chi connectivity index (χ1) is 16.2. The third kappa shape index (κ3) is 6.42. The summed E-state index contributed by atoms with van der Waals surface area (Å²) in [5, 5.41) is 13.3. The summed E-state index contributed by atoms with van der Waals surface area (Å²) in [5.74, 6) is 0.313. The molecular formula is C25H29N3O5S. The first kappa shape index (κ1) is 25.4. The van der Waals surface area contributed by atoms with Crippen LogP contribution in [-0.4, -0.2) is 46.0 Å². The van der Waals surface area contributed by atoms with E-state index in [0.717, 1.165) is 5.56 Å². The van der Waals surface area contributed by atoms with Crippen molar-refractivity contribution in [2.24, 2.45) is 0 Å². The van der Waals surface area contributed by atoms with Crippen LogP contribution in [-0.2, 0) is 21.2 Å². The van der Waals surface area contributed by atoms with Gasteiger partial charge in [-0.25, -0.2) is 8.42 Å². The molecule has 3 rings (SSSR count). The maximum atomic E-state index is 13.4. The Balaban J connectivity index is 1.80. The van der Waals surface area contributed by atoms with E-state index in [-0.39, 0.29) is 17.2 Å². The number of ether oxygens (including phenoxy) is 1. The van der Waals surface area contributed by atoms with Gasteiger partial charge in [0.05, 0.1) is 18.0 Å². The molecule has 0 spiro atoms. The summed E-state index contributed by atoms with van der Waals surface area (Å²) in [6.07, 6.45) is -1.45. The average molecular weight is 484 g/mol. The SMILES string of the molecule is COc1ccc(N(C)C(=O)[C@H](Cc2ccccc2)NC(O)NS(=O)(=O)c2ccccc2C)cc1. The van der Waals surface area contributed by atoms with Crippen LogP contribution in [0.4, 0.5) is 5.69 Å². The number of nitrogens with zero attached hydrogens (tertiary/aromatic N) is 1. The minimum atomic E-state index is -4.02. The fraction of sp³-hybridized carbons (Fsp3) is 0.240. The Morgan fingerprint density at radius 1 is 1.00 bits per heavy atom. The maximum absolute atomic E-state index is 13.4. The van der Waals surface area contributed by atoms with E-state index >= 15 is 0 Å². The Hall–Kier alpha value is -3.24. The molecule has 0 saturated heterocycles. The molecule has 1 amide bonds. The van der Waals surface area contributed by atoms with Crippen LogP contribution in [0.3, 0.4) is 0 Å². The van der Waals surface area contributed by atoms with Crippen molar-refractivity contribution >= 4 is 21.6 Å². The summed E-state index contributed by atoms with van der Waals surface area (Å²) < 4.78 is 32.9. The number of carbonyl (C=O) groups excluding carboxylic acids is 1. The number of benzene rings is 3. The smallest absolute Gasteiger partial charge is 0.244 e. The fourth-order valence-electron chi connectivity index (χ4n) is 3.53. The van der Waals surface area contributed by atoms with Crippen molar-refractivity contribution in [1.82, 2.24) is 10.0 Å². The van der Waals surface area contributed by atoms with E-state index in [1.54, 1.807) is 63.5 Å². The molecule has 0 aliphatic rings. The van der Waals surface area contributed by atoms with Crippen molar-refractivity contribution < 1.29 is 23.1 Å². The van der Waals surface area contributed by atoms with E-state index in [4.69, 9.17) is 4.74 Å². The summed E-state index contributed by atoms with van der Waals surface area (Å²) in [6.45, 7) is 1.67. The quantitative estimate of drug-likeness (QED) is 0.382. The van der Waals surface area contributed by atoms with Crippen LogP contribution in [0.2, 0.25) is 0 Å². The van der Waals surface area contributed by atoms with Crippen molar-refractivity contribution in [3.63, 3.8) is 0 Å². The van der Waals surface area contributed by atoms with Gasteiger partial charge in [-0.1, -0.05) is 48.5 Å². The summed E-state index contributed by atoms with van der Waals surface area (Å²) in [7, 11) is -0.838. The molecule has 0 radical (unpaired) electrons. The lowest BCUT2D eigenvalue weighted by molar-refractivity contribution is -0.121. The first-order valence-electron chi connectivity index (χ1n) is 10.7. The molecule has 0 saturated carbocycles. The van der Waals surface area contributed by atoms with Gasteiger partial charge in [0.1, 0.15) is 5.75 Å². The standard InChI is InChI=1S/C25H29N3O5S/c1-18-9-7-8-12-23(18)34(31,32)27-25(30)26-22(17-19-10-5-4-6-11-19)24(29)28(2)20-13-15-21(33-3)16-14-20/h4-16,22,25-27,30H,17H2,1-3H3/t22-,25?/m0/s1. The zero-order valence-electron chi connectivity index (χ0n) is 19.3. The number of hydrogen-bond donors (Lipinski definition) is 3. The fourth-order valence-corrected chi connectivity index (χ4v) is 4.77. The molecule has 3 N–H and O–H groups in total. The van der Waals surface area contributed by atoms with Gasteiger partial charge in [0.15, 0.2) is 6.35 Å². The number of methoxy groups -OCH3 is 1. The number of rotatable bonds is 10. The number of nitrogens with one attached hydrogen (secondary N) is 2. The Bertz CT molecular complexity index is 1200. The Kier molecular flexibility index (Phi) is 8.41. The highest BCUT2D eigenvalue weighted by Crippen LogP contribution is 2.20. The Morgan fingerprint density at radius 2 is 1.62 bits per heavy atom. The molecule has 1 unspecified atom stereocenters. The summed E-state index contributed by atoms with van der Waals surface area (Å²) in [6, 6.07) is 21.8. The summed E-state index contributed by atoms with van der Waals surface area (Å²) >= 11 is 0. The zero-order chi connectivity index (χ0) is 24.7. The van der Waals surface area contributed by atoms with Crippen molar-refractivity contribution in [2.75, 3.05) is 19.1 Å². The molecule has 9 heteroatoms. The van der Waals surface area contributed by atoms with Crippen LogP contribution in [0.25, 0.3) is 0 Å². The Morgan fingerprint density at radius 3 is 2.24 bits per heavy atom. The lowest BCUT2D eigenvalue weighted by Gasteiger charge is -2.27. The van der Waals surface area contributed by atoms with Crippen molar-refractivity contribution in [3.8, 4) is 5.75 Å². The highest BCUT2D eigenvalue weighted by molar-refractivity contribution is 7.89. The third-order valence-electron chi connectivity index (χ3n) is 5.38. The molecule has 2 atom stereocenters. The largest absolute Gasteiger partial charge is 0.497 e. The highest BCUT2D eigenvalue weighted by Gasteiger charge is 2.28. The minimum absolute atomic E-state index is 0.0529. The van der Waals surface area contributed by atoms with E-state index in [9.17, 15) is 18.3 Å². The molecule has 0 aromatic heterocycles. The van der Waals surface area contributed by atoms with Crippen LogP contribution in [0, 0.1) is 6.92 Å². The number of anilines is 1. The lowest BCUT2D eigenvalue weighted by Crippen LogP contribution is -2.55. The molecule has 8 nitrogen and oxygen atoms in total. The average Bonchev–Trinajstić information content (AvgIpc) is 2.83. The van der Waals surface area contributed by atoms with Gasteiger partial charge in [0.2, 0.25) is 15.9 Å².